The van der Waals surface area contributed by atoms with Gasteiger partial charge >= 0.3 is 0 Å². The Labute approximate surface area is 244 Å². The van der Waals surface area contributed by atoms with Crippen LogP contribution in [-0.4, -0.2) is 38.6 Å². The number of nitrogens with zero attached hydrogens (tertiary/aromatic N) is 4. The van der Waals surface area contributed by atoms with Gasteiger partial charge in [-0.3, -0.25) is 14.9 Å². The van der Waals surface area contributed by atoms with Crippen molar-refractivity contribution >= 4 is 38.7 Å². The SMILES string of the molecule is CCCNS(=O)(=O)c1ccc2c(c1)C(C)(C)/C(=C\C=C1/C(=O)N(c3ccccc3)N=C1c1ccc([N+](=O)[O-])cc1)N2C. The normalized spacial score (nSPS) is 18.1. The molecule has 3 aromatic rings. The molecule has 0 saturated carbocycles. The highest BCUT2D eigenvalue weighted by atomic mass is 32.2. The molecule has 1 amide bonds. The van der Waals surface area contributed by atoms with Gasteiger partial charge in [0, 0.05) is 48.1 Å². The van der Waals surface area contributed by atoms with Crippen molar-refractivity contribution < 1.29 is 18.1 Å². The zero-order valence-electron chi connectivity index (χ0n) is 23.7. The Balaban J connectivity index is 1.56. The molecule has 2 aliphatic rings. The highest BCUT2D eigenvalue weighted by Gasteiger charge is 2.39. The molecule has 2 aliphatic heterocycles. The number of hydrogen-bond donors (Lipinski definition) is 1. The van der Waals surface area contributed by atoms with Crippen LogP contribution < -0.4 is 14.6 Å². The summed E-state index contributed by atoms with van der Waals surface area (Å²) in [6.45, 7) is 6.27. The molecule has 216 valence electrons. The summed E-state index contributed by atoms with van der Waals surface area (Å²) in [5, 5.41) is 17.1. The van der Waals surface area contributed by atoms with Gasteiger partial charge in [-0.2, -0.15) is 10.1 Å². The zero-order chi connectivity index (χ0) is 30.2. The van der Waals surface area contributed by atoms with Crippen molar-refractivity contribution in [3.8, 4) is 0 Å². The number of nitro groups is 1. The van der Waals surface area contributed by atoms with Gasteiger partial charge in [-0.1, -0.05) is 39.0 Å². The Morgan fingerprint density at radius 2 is 1.71 bits per heavy atom. The first-order valence-corrected chi connectivity index (χ1v) is 15.0. The number of non-ortho nitro benzene ring substituents is 1. The third kappa shape index (κ3) is 5.12. The first kappa shape index (κ1) is 28.9. The molecule has 0 bridgehead atoms. The van der Waals surface area contributed by atoms with Gasteiger partial charge in [-0.15, -0.1) is 0 Å². The number of sulfonamides is 1. The van der Waals surface area contributed by atoms with E-state index >= 15 is 0 Å². The minimum absolute atomic E-state index is 0.0605. The van der Waals surface area contributed by atoms with E-state index in [4.69, 9.17) is 0 Å². The minimum atomic E-state index is -3.65. The zero-order valence-corrected chi connectivity index (χ0v) is 24.6. The molecule has 0 spiro atoms. The topological polar surface area (TPSA) is 125 Å². The number of hydrogen-bond acceptors (Lipinski definition) is 7. The lowest BCUT2D eigenvalue weighted by molar-refractivity contribution is -0.384. The fourth-order valence-electron chi connectivity index (χ4n) is 5.23. The second kappa shape index (κ2) is 11.0. The molecule has 0 unspecified atom stereocenters. The third-order valence-corrected chi connectivity index (χ3v) is 8.95. The average molecular weight is 586 g/mol. The van der Waals surface area contributed by atoms with Gasteiger partial charge in [-0.25, -0.2) is 13.1 Å². The summed E-state index contributed by atoms with van der Waals surface area (Å²) in [5.74, 6) is -0.335. The molecule has 0 saturated heterocycles. The summed E-state index contributed by atoms with van der Waals surface area (Å²) in [7, 11) is -1.75. The van der Waals surface area contributed by atoms with Crippen molar-refractivity contribution in [2.24, 2.45) is 5.10 Å². The van der Waals surface area contributed by atoms with Crippen molar-refractivity contribution in [3.63, 3.8) is 0 Å². The van der Waals surface area contributed by atoms with Gasteiger partial charge in [0.25, 0.3) is 11.6 Å². The van der Waals surface area contributed by atoms with Crippen LogP contribution >= 0.6 is 0 Å². The predicted octanol–water partition coefficient (Wildman–Crippen LogP) is 5.27. The molecule has 0 atom stereocenters. The van der Waals surface area contributed by atoms with Crippen molar-refractivity contribution in [1.82, 2.24) is 4.72 Å². The maximum absolute atomic E-state index is 13.7. The molecule has 5 rings (SSSR count). The first-order valence-electron chi connectivity index (χ1n) is 13.5. The molecule has 2 heterocycles. The summed E-state index contributed by atoms with van der Waals surface area (Å²) in [5.41, 5.74) is 3.80. The van der Waals surface area contributed by atoms with E-state index in [-0.39, 0.29) is 16.5 Å². The van der Waals surface area contributed by atoms with Crippen LogP contribution in [0.25, 0.3) is 0 Å². The molecule has 0 aromatic heterocycles. The van der Waals surface area contributed by atoms with E-state index < -0.39 is 20.4 Å². The number of hydrazone groups is 1. The first-order chi connectivity index (χ1) is 20.0. The number of nitro benzene ring substituents is 1. The molecule has 3 aromatic carbocycles. The molecule has 10 nitrogen and oxygen atoms in total. The maximum Gasteiger partial charge on any atom is 0.281 e. The Hall–Kier alpha value is -4.61. The van der Waals surface area contributed by atoms with E-state index in [1.54, 1.807) is 48.5 Å². The van der Waals surface area contributed by atoms with E-state index in [1.165, 1.54) is 17.1 Å². The number of benzene rings is 3. The highest BCUT2D eigenvalue weighted by Crippen LogP contribution is 2.47. The van der Waals surface area contributed by atoms with Crippen molar-refractivity contribution in [3.05, 3.63) is 117 Å². The number of likely N-dealkylation sites (N-methyl/N-ethyl adjacent to an activating group) is 1. The van der Waals surface area contributed by atoms with Gasteiger partial charge in [0.05, 0.1) is 21.1 Å². The highest BCUT2D eigenvalue weighted by molar-refractivity contribution is 7.89. The van der Waals surface area contributed by atoms with Crippen LogP contribution in [0.3, 0.4) is 0 Å². The van der Waals surface area contributed by atoms with E-state index in [0.29, 0.717) is 35.5 Å². The quantitative estimate of drug-likeness (QED) is 0.218. The molecule has 0 radical (unpaired) electrons. The van der Waals surface area contributed by atoms with E-state index in [0.717, 1.165) is 16.9 Å². The van der Waals surface area contributed by atoms with E-state index in [1.807, 2.05) is 57.0 Å². The fraction of sp³-hybridized carbons (Fsp3) is 0.226. The minimum Gasteiger partial charge on any atom is -0.347 e. The number of rotatable bonds is 8. The third-order valence-electron chi connectivity index (χ3n) is 7.49. The number of nitrogens with one attached hydrogen (secondary N) is 1. The van der Waals surface area contributed by atoms with Crippen LogP contribution in [0, 0.1) is 10.1 Å². The number of carbonyl (C=O) groups excluding carboxylic acids is 1. The van der Waals surface area contributed by atoms with E-state index in [9.17, 15) is 23.3 Å². The van der Waals surface area contributed by atoms with Gasteiger partial charge < -0.3 is 4.90 Å². The summed E-state index contributed by atoms with van der Waals surface area (Å²) in [4.78, 5) is 26.6. The second-order valence-electron chi connectivity index (χ2n) is 10.6. The molecule has 42 heavy (non-hydrogen) atoms. The lowest BCUT2D eigenvalue weighted by atomic mass is 9.83. The van der Waals surface area contributed by atoms with Crippen LogP contribution in [0.2, 0.25) is 0 Å². The lowest BCUT2D eigenvalue weighted by Gasteiger charge is -2.24. The van der Waals surface area contributed by atoms with Crippen molar-refractivity contribution in [1.29, 1.82) is 0 Å². The number of anilines is 2. The van der Waals surface area contributed by atoms with Crippen molar-refractivity contribution in [2.45, 2.75) is 37.5 Å². The fourth-order valence-corrected chi connectivity index (χ4v) is 6.39. The summed E-state index contributed by atoms with van der Waals surface area (Å²) >= 11 is 0. The van der Waals surface area contributed by atoms with Gasteiger partial charge in [0.1, 0.15) is 5.71 Å². The lowest BCUT2D eigenvalue weighted by Crippen LogP contribution is -2.25. The Kier molecular flexibility index (Phi) is 7.56. The van der Waals surface area contributed by atoms with Crippen LogP contribution in [0.4, 0.5) is 17.1 Å². The van der Waals surface area contributed by atoms with Crippen LogP contribution in [0.1, 0.15) is 38.3 Å². The Bertz CT molecular complexity index is 1760. The van der Waals surface area contributed by atoms with Crippen LogP contribution in [0.15, 0.2) is 106 Å². The average Bonchev–Trinajstić information content (AvgIpc) is 3.40. The number of amides is 1. The second-order valence-corrected chi connectivity index (χ2v) is 12.4. The number of fused-ring (bicyclic) bond motifs is 1. The standard InChI is InChI=1S/C31H31N5O5S/c1-5-19-32-42(40,41)24-15-17-27-26(20-24)31(2,3)28(34(27)4)18-16-25-29(21-11-13-23(14-12-21)36(38)39)33-35(30(25)37)22-9-7-6-8-10-22/h6-18,20,32H,5,19H2,1-4H3/b25-16-,28-18+. The molecular formula is C31H31N5O5S. The summed E-state index contributed by atoms with van der Waals surface area (Å²) in [6.07, 6.45) is 4.25. The van der Waals surface area contributed by atoms with Gasteiger partial charge in [-0.05, 0) is 66.6 Å². The summed E-state index contributed by atoms with van der Waals surface area (Å²) in [6, 6.07) is 20.1. The molecule has 0 fully saturated rings. The number of allylic oxidation sites excluding steroid dienone is 3. The molecule has 11 heteroatoms. The van der Waals surface area contributed by atoms with Gasteiger partial charge in [0.2, 0.25) is 10.0 Å². The Morgan fingerprint density at radius 1 is 1.02 bits per heavy atom. The Morgan fingerprint density at radius 3 is 2.36 bits per heavy atom. The van der Waals surface area contributed by atoms with Crippen LogP contribution in [-0.2, 0) is 20.2 Å². The number of para-hydroxylation sites is 1. The largest absolute Gasteiger partial charge is 0.347 e. The molecule has 1 N–H and O–H groups in total. The smallest absolute Gasteiger partial charge is 0.281 e. The van der Waals surface area contributed by atoms with Crippen molar-refractivity contribution in [2.75, 3.05) is 23.5 Å². The summed E-state index contributed by atoms with van der Waals surface area (Å²) < 4.78 is 28.3. The van der Waals surface area contributed by atoms with E-state index in [2.05, 4.69) is 9.82 Å². The van der Waals surface area contributed by atoms with Crippen LogP contribution in [0.5, 0.6) is 0 Å². The molecular weight excluding hydrogens is 554 g/mol. The number of carbonyl (C=O) groups is 1. The van der Waals surface area contributed by atoms with Gasteiger partial charge in [0.15, 0.2) is 0 Å². The maximum atomic E-state index is 13.7. The molecule has 0 aliphatic carbocycles. The monoisotopic (exact) mass is 585 g/mol. The predicted molar refractivity (Wildman–Crippen MR) is 163 cm³/mol.